The van der Waals surface area contributed by atoms with Gasteiger partial charge in [0.25, 0.3) is 0 Å². The normalized spacial score (nSPS) is 10.3. The Morgan fingerprint density at radius 3 is 2.71 bits per heavy atom. The van der Waals surface area contributed by atoms with Gasteiger partial charge in [-0.25, -0.2) is 9.18 Å². The smallest absolute Gasteiger partial charge is 0.354 e. The molecule has 0 saturated carbocycles. The van der Waals surface area contributed by atoms with E-state index < -0.39 is 5.97 Å². The second-order valence-electron chi connectivity index (χ2n) is 3.73. The molecule has 0 fully saturated rings. The highest BCUT2D eigenvalue weighted by atomic mass is 19.1. The molecule has 0 radical (unpaired) electrons. The molecule has 1 aromatic heterocycles. The molecule has 2 aromatic rings. The molecule has 0 aliphatic rings. The van der Waals surface area contributed by atoms with Gasteiger partial charge in [0.1, 0.15) is 11.5 Å². The topological polar surface area (TPSA) is 31.2 Å². The Morgan fingerprint density at radius 1 is 1.29 bits per heavy atom. The van der Waals surface area contributed by atoms with Crippen molar-refractivity contribution in [1.29, 1.82) is 0 Å². The average Bonchev–Trinajstić information content (AvgIpc) is 2.70. The van der Waals surface area contributed by atoms with Crippen LogP contribution in [0.3, 0.4) is 0 Å². The Morgan fingerprint density at radius 2 is 2.06 bits per heavy atom. The number of nitrogens with zero attached hydrogens (tertiary/aromatic N) is 1. The van der Waals surface area contributed by atoms with Gasteiger partial charge in [-0.05, 0) is 23.8 Å². The fourth-order valence-electron chi connectivity index (χ4n) is 1.70. The molecule has 3 nitrogen and oxygen atoms in total. The maximum absolute atomic E-state index is 13.1. The number of aromatic nitrogens is 1. The van der Waals surface area contributed by atoms with Crippen LogP contribution >= 0.6 is 0 Å². The zero-order valence-corrected chi connectivity index (χ0v) is 9.61. The van der Waals surface area contributed by atoms with Crippen molar-refractivity contribution in [2.75, 3.05) is 7.11 Å². The molecule has 88 valence electrons. The Hall–Kier alpha value is -2.10. The second kappa shape index (κ2) is 4.41. The lowest BCUT2D eigenvalue weighted by Crippen LogP contribution is -2.06. The van der Waals surface area contributed by atoms with Crippen LogP contribution in [0.4, 0.5) is 4.39 Å². The van der Waals surface area contributed by atoms with Crippen molar-refractivity contribution >= 4 is 5.97 Å². The number of halogens is 1. The molecule has 1 heterocycles. The van der Waals surface area contributed by atoms with E-state index in [0.29, 0.717) is 5.69 Å². The zero-order valence-electron chi connectivity index (χ0n) is 9.61. The predicted molar refractivity (Wildman–Crippen MR) is 62.1 cm³/mol. The van der Waals surface area contributed by atoms with Crippen LogP contribution in [0.5, 0.6) is 0 Å². The standard InChI is InChI=1S/C13H12FNO2/c1-15-8-10(7-12(15)13(16)17-2)9-4-3-5-11(14)6-9/h3-8H,1-2H3. The first-order valence-electron chi connectivity index (χ1n) is 5.12. The van der Waals surface area contributed by atoms with E-state index in [1.807, 2.05) is 0 Å². The summed E-state index contributed by atoms with van der Waals surface area (Å²) in [5, 5.41) is 0. The van der Waals surface area contributed by atoms with E-state index in [9.17, 15) is 9.18 Å². The second-order valence-corrected chi connectivity index (χ2v) is 3.73. The van der Waals surface area contributed by atoms with E-state index in [1.165, 1.54) is 19.2 Å². The first-order valence-corrected chi connectivity index (χ1v) is 5.12. The molecule has 0 bridgehead atoms. The summed E-state index contributed by atoms with van der Waals surface area (Å²) in [6, 6.07) is 7.92. The van der Waals surface area contributed by atoms with E-state index in [1.54, 1.807) is 36.0 Å². The van der Waals surface area contributed by atoms with Crippen molar-refractivity contribution in [1.82, 2.24) is 4.57 Å². The Bertz CT molecular complexity index is 560. The maximum atomic E-state index is 13.1. The minimum Gasteiger partial charge on any atom is -0.464 e. The first kappa shape index (κ1) is 11.4. The molecule has 1 aromatic carbocycles. The molecule has 4 heteroatoms. The number of carbonyl (C=O) groups excluding carboxylic acids is 1. The van der Waals surface area contributed by atoms with Crippen LogP contribution in [0.15, 0.2) is 36.5 Å². The fraction of sp³-hybridized carbons (Fsp3) is 0.154. The summed E-state index contributed by atoms with van der Waals surface area (Å²) in [5.74, 6) is -0.707. The highest BCUT2D eigenvalue weighted by Crippen LogP contribution is 2.22. The number of benzene rings is 1. The van der Waals surface area contributed by atoms with E-state index >= 15 is 0 Å². The molecule has 0 aliphatic heterocycles. The molecule has 0 spiro atoms. The summed E-state index contributed by atoms with van der Waals surface area (Å²) in [7, 11) is 3.08. The van der Waals surface area contributed by atoms with Crippen molar-refractivity contribution in [3.8, 4) is 11.1 Å². The van der Waals surface area contributed by atoms with Gasteiger partial charge in [0.2, 0.25) is 0 Å². The molecular formula is C13H12FNO2. The molecule has 0 amide bonds. The SMILES string of the molecule is COC(=O)c1cc(-c2cccc(F)c2)cn1C. The van der Waals surface area contributed by atoms with E-state index in [0.717, 1.165) is 11.1 Å². The van der Waals surface area contributed by atoms with Gasteiger partial charge in [-0.1, -0.05) is 12.1 Å². The van der Waals surface area contributed by atoms with Crippen molar-refractivity contribution < 1.29 is 13.9 Å². The van der Waals surface area contributed by atoms with E-state index in [2.05, 4.69) is 4.74 Å². The van der Waals surface area contributed by atoms with Gasteiger partial charge >= 0.3 is 5.97 Å². The number of hydrogen-bond acceptors (Lipinski definition) is 2. The van der Waals surface area contributed by atoms with Crippen LogP contribution in [0, 0.1) is 5.82 Å². The van der Waals surface area contributed by atoms with Crippen LogP contribution in [-0.2, 0) is 11.8 Å². The number of hydrogen-bond donors (Lipinski definition) is 0. The number of aryl methyl sites for hydroxylation is 1. The molecule has 2 rings (SSSR count). The van der Waals surface area contributed by atoms with Crippen molar-refractivity contribution in [2.24, 2.45) is 7.05 Å². The highest BCUT2D eigenvalue weighted by Gasteiger charge is 2.12. The monoisotopic (exact) mass is 233 g/mol. The molecule has 0 aliphatic carbocycles. The molecule has 17 heavy (non-hydrogen) atoms. The summed E-state index contributed by atoms with van der Waals surface area (Å²) >= 11 is 0. The summed E-state index contributed by atoms with van der Waals surface area (Å²) in [6.07, 6.45) is 1.76. The molecule has 0 atom stereocenters. The van der Waals surface area contributed by atoms with Crippen LogP contribution in [-0.4, -0.2) is 17.6 Å². The van der Waals surface area contributed by atoms with Crippen LogP contribution in [0.2, 0.25) is 0 Å². The van der Waals surface area contributed by atoms with Gasteiger partial charge in [0.15, 0.2) is 0 Å². The van der Waals surface area contributed by atoms with Crippen molar-refractivity contribution in [3.63, 3.8) is 0 Å². The molecule has 0 saturated heterocycles. The van der Waals surface area contributed by atoms with Crippen LogP contribution < -0.4 is 0 Å². The third kappa shape index (κ3) is 2.20. The zero-order chi connectivity index (χ0) is 12.4. The van der Waals surface area contributed by atoms with E-state index in [-0.39, 0.29) is 5.82 Å². The van der Waals surface area contributed by atoms with Crippen molar-refractivity contribution in [3.05, 3.63) is 48.0 Å². The number of esters is 1. The lowest BCUT2D eigenvalue weighted by atomic mass is 10.1. The van der Waals surface area contributed by atoms with Gasteiger partial charge in [-0.3, -0.25) is 0 Å². The summed E-state index contributed by atoms with van der Waals surface area (Å²) in [6.45, 7) is 0. The van der Waals surface area contributed by atoms with Gasteiger partial charge < -0.3 is 9.30 Å². The van der Waals surface area contributed by atoms with Gasteiger partial charge in [-0.2, -0.15) is 0 Å². The summed E-state index contributed by atoms with van der Waals surface area (Å²) in [5.41, 5.74) is 1.95. The molecular weight excluding hydrogens is 221 g/mol. The highest BCUT2D eigenvalue weighted by molar-refractivity contribution is 5.89. The minimum atomic E-state index is -0.407. The number of methoxy groups -OCH3 is 1. The van der Waals surface area contributed by atoms with Crippen molar-refractivity contribution in [2.45, 2.75) is 0 Å². The van der Waals surface area contributed by atoms with Gasteiger partial charge in [0.05, 0.1) is 7.11 Å². The van der Waals surface area contributed by atoms with Crippen LogP contribution in [0.1, 0.15) is 10.5 Å². The minimum absolute atomic E-state index is 0.300. The number of carbonyl (C=O) groups is 1. The van der Waals surface area contributed by atoms with Gasteiger partial charge in [0, 0.05) is 18.8 Å². The number of ether oxygens (including phenoxy) is 1. The molecule has 0 N–H and O–H groups in total. The van der Waals surface area contributed by atoms with Gasteiger partial charge in [-0.15, -0.1) is 0 Å². The predicted octanol–water partition coefficient (Wildman–Crippen LogP) is 2.62. The summed E-state index contributed by atoms with van der Waals surface area (Å²) in [4.78, 5) is 11.4. The maximum Gasteiger partial charge on any atom is 0.354 e. The largest absolute Gasteiger partial charge is 0.464 e. The fourth-order valence-corrected chi connectivity index (χ4v) is 1.70. The van der Waals surface area contributed by atoms with E-state index in [4.69, 9.17) is 0 Å². The third-order valence-corrected chi connectivity index (χ3v) is 2.56. The van der Waals surface area contributed by atoms with Crippen LogP contribution in [0.25, 0.3) is 11.1 Å². The number of rotatable bonds is 2. The first-order chi connectivity index (χ1) is 8.11. The molecule has 0 unspecified atom stereocenters. The lowest BCUT2D eigenvalue weighted by molar-refractivity contribution is 0.0590. The third-order valence-electron chi connectivity index (χ3n) is 2.56. The quantitative estimate of drug-likeness (QED) is 0.746. The Labute approximate surface area is 98.4 Å². The Balaban J connectivity index is 2.44. The lowest BCUT2D eigenvalue weighted by Gasteiger charge is -1.98. The average molecular weight is 233 g/mol. The Kier molecular flexibility index (Phi) is 2.95. The summed E-state index contributed by atoms with van der Waals surface area (Å²) < 4.78 is 19.4.